The molecule has 1 aliphatic heterocycles. The first-order valence-corrected chi connectivity index (χ1v) is 7.73. The van der Waals surface area contributed by atoms with Crippen molar-refractivity contribution in [2.75, 3.05) is 5.75 Å². The Balaban J connectivity index is 2.06. The van der Waals surface area contributed by atoms with Crippen LogP contribution in [0.4, 0.5) is 0 Å². The van der Waals surface area contributed by atoms with Crippen LogP contribution in [0.5, 0.6) is 0 Å². The van der Waals surface area contributed by atoms with Crippen LogP contribution in [-0.4, -0.2) is 30.7 Å². The highest BCUT2D eigenvalue weighted by Crippen LogP contribution is 2.29. The van der Waals surface area contributed by atoms with Gasteiger partial charge in [0.15, 0.2) is 9.84 Å². The molecule has 0 radical (unpaired) electrons. The number of nitrogens with zero attached hydrogens (tertiary/aromatic N) is 1. The largest absolute Gasteiger partial charge is 0.298 e. The lowest BCUT2D eigenvalue weighted by molar-refractivity contribution is 0.112. The van der Waals surface area contributed by atoms with Crippen LogP contribution in [0, 0.1) is 0 Å². The minimum atomic E-state index is -3.03. The highest BCUT2D eigenvalue weighted by atomic mass is 32.2. The average Bonchev–Trinajstić information content (AvgIpc) is 2.80. The van der Waals surface area contributed by atoms with E-state index >= 15 is 0 Å². The van der Waals surface area contributed by atoms with E-state index in [1.807, 2.05) is 0 Å². The summed E-state index contributed by atoms with van der Waals surface area (Å²) in [6.07, 6.45) is 1.26. The van der Waals surface area contributed by atoms with Gasteiger partial charge < -0.3 is 0 Å². The number of sulfone groups is 1. The standard InChI is InChI=1S/C13H12N2O3S/c16-7-9-1-3-10(4-2-9)13-11-8-19(17,18)6-5-12(11)14-15-13/h1-4,7H,5-6,8H2,(H,14,15). The number of nitrogens with one attached hydrogen (secondary N) is 1. The van der Waals surface area contributed by atoms with Gasteiger partial charge in [0.1, 0.15) is 6.29 Å². The van der Waals surface area contributed by atoms with Crippen molar-refractivity contribution >= 4 is 16.1 Å². The van der Waals surface area contributed by atoms with Crippen molar-refractivity contribution in [1.29, 1.82) is 0 Å². The Morgan fingerprint density at radius 1 is 1.21 bits per heavy atom. The molecule has 1 aliphatic rings. The highest BCUT2D eigenvalue weighted by molar-refractivity contribution is 7.90. The average molecular weight is 276 g/mol. The number of hydrogen-bond donors (Lipinski definition) is 1. The van der Waals surface area contributed by atoms with E-state index in [1.54, 1.807) is 24.3 Å². The maximum atomic E-state index is 11.7. The van der Waals surface area contributed by atoms with E-state index in [2.05, 4.69) is 10.2 Å². The highest BCUT2D eigenvalue weighted by Gasteiger charge is 2.26. The van der Waals surface area contributed by atoms with E-state index < -0.39 is 9.84 Å². The van der Waals surface area contributed by atoms with Crippen LogP contribution in [0.2, 0.25) is 0 Å². The zero-order valence-corrected chi connectivity index (χ0v) is 10.9. The molecule has 2 heterocycles. The number of fused-ring (bicyclic) bond motifs is 1. The summed E-state index contributed by atoms with van der Waals surface area (Å²) in [4.78, 5) is 10.6. The minimum Gasteiger partial charge on any atom is -0.298 e. The fourth-order valence-corrected chi connectivity index (χ4v) is 3.68. The Morgan fingerprint density at radius 3 is 2.63 bits per heavy atom. The van der Waals surface area contributed by atoms with Gasteiger partial charge in [-0.3, -0.25) is 9.89 Å². The third-order valence-corrected chi connectivity index (χ3v) is 4.85. The topological polar surface area (TPSA) is 79.9 Å². The lowest BCUT2D eigenvalue weighted by Gasteiger charge is -2.12. The molecule has 19 heavy (non-hydrogen) atoms. The van der Waals surface area contributed by atoms with Gasteiger partial charge in [0.25, 0.3) is 0 Å². The smallest absolute Gasteiger partial charge is 0.154 e. The summed E-state index contributed by atoms with van der Waals surface area (Å²) in [7, 11) is -3.03. The van der Waals surface area contributed by atoms with Gasteiger partial charge in [0.2, 0.25) is 0 Å². The Hall–Kier alpha value is -1.95. The third-order valence-electron chi connectivity index (χ3n) is 3.30. The molecule has 0 amide bonds. The Morgan fingerprint density at radius 2 is 1.95 bits per heavy atom. The molecule has 5 nitrogen and oxygen atoms in total. The Kier molecular flexibility index (Phi) is 2.74. The van der Waals surface area contributed by atoms with Crippen LogP contribution in [0.25, 0.3) is 11.3 Å². The van der Waals surface area contributed by atoms with Crippen LogP contribution < -0.4 is 0 Å². The number of aldehydes is 1. The second kappa shape index (κ2) is 4.31. The van der Waals surface area contributed by atoms with Crippen molar-refractivity contribution < 1.29 is 13.2 Å². The maximum Gasteiger partial charge on any atom is 0.154 e. The second-order valence-corrected chi connectivity index (χ2v) is 6.80. The predicted molar refractivity (Wildman–Crippen MR) is 70.6 cm³/mol. The molecule has 0 saturated carbocycles. The molecule has 0 atom stereocenters. The third kappa shape index (κ3) is 2.19. The van der Waals surface area contributed by atoms with Crippen molar-refractivity contribution in [2.24, 2.45) is 0 Å². The number of aromatic amines is 1. The maximum absolute atomic E-state index is 11.7. The number of H-pyrrole nitrogens is 1. The van der Waals surface area contributed by atoms with Gasteiger partial charge in [0.05, 0.1) is 17.2 Å². The van der Waals surface area contributed by atoms with Gasteiger partial charge in [-0.15, -0.1) is 0 Å². The molecule has 2 aromatic rings. The van der Waals surface area contributed by atoms with Crippen molar-refractivity contribution in [3.8, 4) is 11.3 Å². The van der Waals surface area contributed by atoms with Gasteiger partial charge in [0, 0.05) is 28.8 Å². The van der Waals surface area contributed by atoms with Crippen LogP contribution in [-0.2, 0) is 22.0 Å². The summed E-state index contributed by atoms with van der Waals surface area (Å²) >= 11 is 0. The molecule has 0 aliphatic carbocycles. The van der Waals surface area contributed by atoms with E-state index in [0.717, 1.165) is 23.1 Å². The summed E-state index contributed by atoms with van der Waals surface area (Å²) in [5, 5.41) is 7.12. The fraction of sp³-hybridized carbons (Fsp3) is 0.231. The van der Waals surface area contributed by atoms with E-state index in [9.17, 15) is 13.2 Å². The Labute approximate surface area is 110 Å². The summed E-state index contributed by atoms with van der Waals surface area (Å²) in [5.41, 5.74) is 3.71. The van der Waals surface area contributed by atoms with E-state index in [-0.39, 0.29) is 11.5 Å². The number of benzene rings is 1. The normalized spacial score (nSPS) is 16.8. The number of carbonyl (C=O) groups is 1. The molecule has 1 aromatic carbocycles. The van der Waals surface area contributed by atoms with Crippen LogP contribution in [0.3, 0.4) is 0 Å². The zero-order valence-electron chi connectivity index (χ0n) is 10.1. The van der Waals surface area contributed by atoms with Crippen molar-refractivity contribution in [3.05, 3.63) is 41.1 Å². The number of aromatic nitrogens is 2. The lowest BCUT2D eigenvalue weighted by atomic mass is 10.0. The van der Waals surface area contributed by atoms with E-state index in [4.69, 9.17) is 0 Å². The molecule has 0 spiro atoms. The Bertz CT molecular complexity index is 730. The molecule has 3 rings (SSSR count). The number of hydrogen-bond acceptors (Lipinski definition) is 4. The molecule has 6 heteroatoms. The summed E-state index contributed by atoms with van der Waals surface area (Å²) < 4.78 is 23.4. The fourth-order valence-electron chi connectivity index (χ4n) is 2.27. The van der Waals surface area contributed by atoms with Crippen LogP contribution >= 0.6 is 0 Å². The second-order valence-electron chi connectivity index (χ2n) is 4.61. The molecular weight excluding hydrogens is 264 g/mol. The molecule has 1 aromatic heterocycles. The zero-order chi connectivity index (χ0) is 13.5. The summed E-state index contributed by atoms with van der Waals surface area (Å²) in [5.74, 6) is 0.204. The van der Waals surface area contributed by atoms with Crippen molar-refractivity contribution in [1.82, 2.24) is 10.2 Å². The van der Waals surface area contributed by atoms with E-state index in [1.165, 1.54) is 0 Å². The van der Waals surface area contributed by atoms with Gasteiger partial charge in [-0.25, -0.2) is 8.42 Å². The first-order valence-electron chi connectivity index (χ1n) is 5.91. The molecule has 0 fully saturated rings. The van der Waals surface area contributed by atoms with Crippen molar-refractivity contribution in [3.63, 3.8) is 0 Å². The quantitative estimate of drug-likeness (QED) is 0.840. The van der Waals surface area contributed by atoms with Gasteiger partial charge >= 0.3 is 0 Å². The molecule has 0 bridgehead atoms. The van der Waals surface area contributed by atoms with Crippen LogP contribution in [0.1, 0.15) is 21.6 Å². The van der Waals surface area contributed by atoms with E-state index in [0.29, 0.717) is 17.7 Å². The van der Waals surface area contributed by atoms with Gasteiger partial charge in [-0.1, -0.05) is 24.3 Å². The predicted octanol–water partition coefficient (Wildman–Crippen LogP) is 1.36. The molecule has 0 saturated heterocycles. The number of aryl methyl sites for hydroxylation is 1. The molecule has 0 unspecified atom stereocenters. The van der Waals surface area contributed by atoms with Gasteiger partial charge in [-0.2, -0.15) is 5.10 Å². The first kappa shape index (κ1) is 12.1. The molecule has 98 valence electrons. The van der Waals surface area contributed by atoms with Gasteiger partial charge in [-0.05, 0) is 0 Å². The number of rotatable bonds is 2. The number of carbonyl (C=O) groups excluding carboxylic acids is 1. The van der Waals surface area contributed by atoms with Crippen LogP contribution in [0.15, 0.2) is 24.3 Å². The summed E-state index contributed by atoms with van der Waals surface area (Å²) in [6, 6.07) is 6.95. The molecular formula is C13H12N2O3S. The minimum absolute atomic E-state index is 0.0313. The monoisotopic (exact) mass is 276 g/mol. The molecule has 1 N–H and O–H groups in total. The SMILES string of the molecule is O=Cc1ccc(-c2n[nH]c3c2CS(=O)(=O)CC3)cc1. The summed E-state index contributed by atoms with van der Waals surface area (Å²) in [6.45, 7) is 0. The lowest BCUT2D eigenvalue weighted by Crippen LogP contribution is -2.18. The first-order chi connectivity index (χ1) is 9.09. The van der Waals surface area contributed by atoms with Crippen molar-refractivity contribution in [2.45, 2.75) is 12.2 Å².